The third kappa shape index (κ3) is 5.18. The average molecular weight is 429 g/mol. The number of nitrogens with one attached hydrogen (secondary N) is 2. The van der Waals surface area contributed by atoms with Crippen molar-refractivity contribution in [1.29, 1.82) is 0 Å². The summed E-state index contributed by atoms with van der Waals surface area (Å²) in [5.74, 6) is 0.598. The molecule has 160 valence electrons. The van der Waals surface area contributed by atoms with E-state index in [1.54, 1.807) is 12.1 Å². The van der Waals surface area contributed by atoms with E-state index >= 15 is 0 Å². The number of benzene rings is 2. The molecule has 7 nitrogen and oxygen atoms in total. The summed E-state index contributed by atoms with van der Waals surface area (Å²) in [7, 11) is -3.63. The van der Waals surface area contributed by atoms with Gasteiger partial charge in [-0.2, -0.15) is 0 Å². The summed E-state index contributed by atoms with van der Waals surface area (Å²) in [6.07, 6.45) is 1.78. The van der Waals surface area contributed by atoms with Crippen LogP contribution in [0.1, 0.15) is 37.7 Å². The fourth-order valence-corrected chi connectivity index (χ4v) is 4.36. The number of aromatic nitrogens is 2. The van der Waals surface area contributed by atoms with Crippen molar-refractivity contribution in [2.75, 3.05) is 17.1 Å². The van der Waals surface area contributed by atoms with Gasteiger partial charge in [-0.3, -0.25) is 9.10 Å². The number of H-pyrrole nitrogens is 1. The molecule has 30 heavy (non-hydrogen) atoms. The van der Waals surface area contributed by atoms with E-state index in [4.69, 9.17) is 0 Å². The Kier molecular flexibility index (Phi) is 6.45. The largest absolute Gasteiger partial charge is 0.345 e. The van der Waals surface area contributed by atoms with Crippen LogP contribution in [0.5, 0.6) is 0 Å². The second kappa shape index (κ2) is 8.87. The Hall–Kier alpha value is -2.87. The van der Waals surface area contributed by atoms with Gasteiger partial charge < -0.3 is 10.3 Å². The van der Waals surface area contributed by atoms with Gasteiger partial charge in [0.25, 0.3) is 0 Å². The molecule has 1 unspecified atom stereocenters. The van der Waals surface area contributed by atoms with Gasteiger partial charge in [0, 0.05) is 0 Å². The molecule has 0 radical (unpaired) electrons. The van der Waals surface area contributed by atoms with Gasteiger partial charge >= 0.3 is 0 Å². The van der Waals surface area contributed by atoms with Gasteiger partial charge in [0.1, 0.15) is 12.4 Å². The first-order valence-corrected chi connectivity index (χ1v) is 11.8. The summed E-state index contributed by atoms with van der Waals surface area (Å²) >= 11 is 0. The van der Waals surface area contributed by atoms with E-state index in [1.807, 2.05) is 43.3 Å². The van der Waals surface area contributed by atoms with Crippen molar-refractivity contribution >= 4 is 32.7 Å². The van der Waals surface area contributed by atoms with E-state index < -0.39 is 10.0 Å². The van der Waals surface area contributed by atoms with Gasteiger partial charge in [-0.1, -0.05) is 44.2 Å². The maximum Gasteiger partial charge on any atom is 0.241 e. The number of aryl methyl sites for hydroxylation is 1. The molecule has 0 aliphatic carbocycles. The maximum atomic E-state index is 12.9. The van der Waals surface area contributed by atoms with Gasteiger partial charge in [0.15, 0.2) is 0 Å². The van der Waals surface area contributed by atoms with Gasteiger partial charge in [0.05, 0.1) is 29.0 Å². The zero-order valence-electron chi connectivity index (χ0n) is 17.7. The standard InChI is InChI=1S/C22H28N4O3S/c1-15(2)13-19(22-24-17-10-6-7-11-18(17)25-22)23-21(27)14-26(30(4,28)29)20-12-8-5-9-16(20)3/h5-12,15,19H,13-14H2,1-4H3,(H,23,27)(H,24,25). The van der Waals surface area contributed by atoms with Crippen molar-refractivity contribution in [3.63, 3.8) is 0 Å². The van der Waals surface area contributed by atoms with E-state index in [9.17, 15) is 13.2 Å². The number of sulfonamides is 1. The predicted molar refractivity (Wildman–Crippen MR) is 120 cm³/mol. The van der Waals surface area contributed by atoms with Crippen LogP contribution in [0.4, 0.5) is 5.69 Å². The van der Waals surface area contributed by atoms with Crippen molar-refractivity contribution in [2.45, 2.75) is 33.2 Å². The summed E-state index contributed by atoms with van der Waals surface area (Å²) in [5.41, 5.74) is 3.01. The second-order valence-corrected chi connectivity index (χ2v) is 9.85. The van der Waals surface area contributed by atoms with E-state index in [0.717, 1.165) is 27.2 Å². The Morgan fingerprint density at radius 3 is 2.43 bits per heavy atom. The molecule has 0 bridgehead atoms. The summed E-state index contributed by atoms with van der Waals surface area (Å²) in [5, 5.41) is 2.98. The minimum atomic E-state index is -3.63. The van der Waals surface area contributed by atoms with E-state index in [0.29, 0.717) is 23.9 Å². The Bertz CT molecular complexity index is 1100. The number of nitrogens with zero attached hydrogens (tertiary/aromatic N) is 2. The highest BCUT2D eigenvalue weighted by Crippen LogP contribution is 2.24. The fraction of sp³-hybridized carbons (Fsp3) is 0.364. The quantitative estimate of drug-likeness (QED) is 0.574. The first kappa shape index (κ1) is 21.8. The highest BCUT2D eigenvalue weighted by Gasteiger charge is 2.25. The number of amides is 1. The third-order valence-corrected chi connectivity index (χ3v) is 5.98. The van der Waals surface area contributed by atoms with E-state index in [1.165, 1.54) is 0 Å². The topological polar surface area (TPSA) is 95.2 Å². The SMILES string of the molecule is Cc1ccccc1N(CC(=O)NC(CC(C)C)c1nc2ccccc2[nH]1)S(C)(=O)=O. The molecule has 0 spiro atoms. The summed E-state index contributed by atoms with van der Waals surface area (Å²) in [6, 6.07) is 14.4. The molecule has 1 atom stereocenters. The second-order valence-electron chi connectivity index (χ2n) is 7.94. The number of para-hydroxylation sites is 3. The molecule has 1 amide bonds. The van der Waals surface area contributed by atoms with Crippen LogP contribution in [-0.2, 0) is 14.8 Å². The molecule has 3 aromatic rings. The number of aromatic amines is 1. The number of hydrogen-bond donors (Lipinski definition) is 2. The van der Waals surface area contributed by atoms with E-state index in [-0.39, 0.29) is 18.5 Å². The average Bonchev–Trinajstić information content (AvgIpc) is 3.09. The van der Waals surface area contributed by atoms with Gasteiger partial charge in [-0.05, 0) is 43.0 Å². The molecule has 3 rings (SSSR count). The van der Waals surface area contributed by atoms with Crippen molar-refractivity contribution in [3.8, 4) is 0 Å². The zero-order valence-corrected chi connectivity index (χ0v) is 18.5. The number of anilines is 1. The Morgan fingerprint density at radius 2 is 1.80 bits per heavy atom. The smallest absolute Gasteiger partial charge is 0.241 e. The Labute approximate surface area is 177 Å². The molecular formula is C22H28N4O3S. The lowest BCUT2D eigenvalue weighted by molar-refractivity contribution is -0.120. The molecule has 0 saturated heterocycles. The molecule has 0 saturated carbocycles. The highest BCUT2D eigenvalue weighted by molar-refractivity contribution is 7.92. The highest BCUT2D eigenvalue weighted by atomic mass is 32.2. The predicted octanol–water partition coefficient (Wildman–Crippen LogP) is 3.54. The van der Waals surface area contributed by atoms with Crippen LogP contribution >= 0.6 is 0 Å². The molecule has 1 heterocycles. The van der Waals surface area contributed by atoms with Gasteiger partial charge in [-0.25, -0.2) is 13.4 Å². The van der Waals surface area contributed by atoms with Crippen LogP contribution in [0.15, 0.2) is 48.5 Å². The fourth-order valence-electron chi connectivity index (χ4n) is 3.44. The number of imidazole rings is 1. The van der Waals surface area contributed by atoms with Crippen molar-refractivity contribution < 1.29 is 13.2 Å². The lowest BCUT2D eigenvalue weighted by Gasteiger charge is -2.25. The lowest BCUT2D eigenvalue weighted by Crippen LogP contribution is -2.42. The first-order valence-electron chi connectivity index (χ1n) is 9.92. The Morgan fingerprint density at radius 1 is 1.13 bits per heavy atom. The zero-order chi connectivity index (χ0) is 21.9. The van der Waals surface area contributed by atoms with Crippen molar-refractivity contribution in [3.05, 3.63) is 59.9 Å². The summed E-state index contributed by atoms with van der Waals surface area (Å²) < 4.78 is 25.9. The summed E-state index contributed by atoms with van der Waals surface area (Å²) in [6.45, 7) is 5.66. The summed E-state index contributed by atoms with van der Waals surface area (Å²) in [4.78, 5) is 20.8. The first-order chi connectivity index (χ1) is 14.1. The lowest BCUT2D eigenvalue weighted by atomic mass is 10.0. The number of rotatable bonds is 8. The number of carbonyl (C=O) groups excluding carboxylic acids is 1. The molecule has 8 heteroatoms. The van der Waals surface area contributed by atoms with Crippen molar-refractivity contribution in [1.82, 2.24) is 15.3 Å². The molecule has 2 N–H and O–H groups in total. The number of fused-ring (bicyclic) bond motifs is 1. The van der Waals surface area contributed by atoms with Crippen LogP contribution in [0.3, 0.4) is 0 Å². The molecule has 2 aromatic carbocycles. The number of carbonyl (C=O) groups is 1. The molecule has 0 fully saturated rings. The molecule has 0 aliphatic rings. The van der Waals surface area contributed by atoms with Crippen molar-refractivity contribution in [2.24, 2.45) is 5.92 Å². The van der Waals surface area contributed by atoms with Gasteiger partial charge in [0.2, 0.25) is 15.9 Å². The number of hydrogen-bond acceptors (Lipinski definition) is 4. The van der Waals surface area contributed by atoms with Crippen LogP contribution in [0, 0.1) is 12.8 Å². The molecule has 0 aliphatic heterocycles. The van der Waals surface area contributed by atoms with Crippen LogP contribution in [-0.4, -0.2) is 37.1 Å². The Balaban J connectivity index is 1.85. The molecular weight excluding hydrogens is 400 g/mol. The minimum absolute atomic E-state index is 0.293. The third-order valence-electron chi connectivity index (χ3n) is 4.85. The van der Waals surface area contributed by atoms with Gasteiger partial charge in [-0.15, -0.1) is 0 Å². The normalized spacial score (nSPS) is 12.8. The van der Waals surface area contributed by atoms with Crippen LogP contribution < -0.4 is 9.62 Å². The van der Waals surface area contributed by atoms with E-state index in [2.05, 4.69) is 29.1 Å². The molecule has 1 aromatic heterocycles. The maximum absolute atomic E-state index is 12.9. The monoisotopic (exact) mass is 428 g/mol. The minimum Gasteiger partial charge on any atom is -0.345 e. The van der Waals surface area contributed by atoms with Crippen LogP contribution in [0.2, 0.25) is 0 Å². The van der Waals surface area contributed by atoms with Crippen LogP contribution in [0.25, 0.3) is 11.0 Å².